The van der Waals surface area contributed by atoms with Crippen LogP contribution in [-0.4, -0.2) is 37.4 Å². The van der Waals surface area contributed by atoms with Crippen LogP contribution in [0.15, 0.2) is 12.1 Å². The number of benzene rings is 1. The fourth-order valence-corrected chi connectivity index (χ4v) is 3.22. The highest BCUT2D eigenvalue weighted by atomic mass is 16.7. The lowest BCUT2D eigenvalue weighted by Crippen LogP contribution is -2.41. The fraction of sp³-hybridized carbons (Fsp3) is 0.611. The van der Waals surface area contributed by atoms with Gasteiger partial charge in [-0.2, -0.15) is 0 Å². The Hall–Kier alpha value is -1.41. The van der Waals surface area contributed by atoms with Crippen LogP contribution in [0.3, 0.4) is 0 Å². The van der Waals surface area contributed by atoms with Crippen molar-refractivity contribution in [3.63, 3.8) is 0 Å². The number of hydrogen-bond donors (Lipinski definition) is 1. The van der Waals surface area contributed by atoms with E-state index in [0.29, 0.717) is 19.6 Å². The summed E-state index contributed by atoms with van der Waals surface area (Å²) >= 11 is 0. The Morgan fingerprint density at radius 2 is 1.80 bits per heavy atom. The molecule has 2 heterocycles. The second-order valence-electron chi connectivity index (χ2n) is 7.69. The van der Waals surface area contributed by atoms with E-state index in [0.717, 1.165) is 22.2 Å². The molecule has 6 nitrogen and oxygen atoms in total. The van der Waals surface area contributed by atoms with Crippen LogP contribution in [0, 0.1) is 0 Å². The smallest absolute Gasteiger partial charge is 0.468 e. The first-order valence-electron chi connectivity index (χ1n) is 8.56. The minimum absolute atomic E-state index is 0.393. The molecule has 1 atom stereocenters. The van der Waals surface area contributed by atoms with Gasteiger partial charge in [-0.05, 0) is 56.3 Å². The Morgan fingerprint density at radius 1 is 1.20 bits per heavy atom. The third-order valence-electron chi connectivity index (χ3n) is 5.51. The molecule has 2 aliphatic rings. The topological polar surface area (TPSA) is 80.0 Å². The highest BCUT2D eigenvalue weighted by Crippen LogP contribution is 2.37. The number of carbonyl (C=O) groups is 1. The molecule has 2 N–H and O–H groups in total. The quantitative estimate of drug-likeness (QED) is 0.648. The number of hydrogen-bond acceptors (Lipinski definition) is 6. The molecule has 1 aromatic carbocycles. The Labute approximate surface area is 149 Å². The van der Waals surface area contributed by atoms with E-state index in [4.69, 9.17) is 24.5 Å². The zero-order chi connectivity index (χ0) is 18.4. The molecule has 0 spiro atoms. The molecule has 0 aromatic heterocycles. The number of methoxy groups -OCH3 is 1. The lowest BCUT2D eigenvalue weighted by molar-refractivity contribution is -0.142. The van der Waals surface area contributed by atoms with E-state index in [1.807, 2.05) is 39.8 Å². The number of rotatable bonds is 4. The van der Waals surface area contributed by atoms with Crippen molar-refractivity contribution in [2.45, 2.75) is 64.6 Å². The van der Waals surface area contributed by atoms with Gasteiger partial charge in [-0.3, -0.25) is 4.79 Å². The Morgan fingerprint density at radius 3 is 2.40 bits per heavy atom. The molecule has 0 saturated carbocycles. The summed E-state index contributed by atoms with van der Waals surface area (Å²) in [7, 11) is 0.917. The molecule has 0 amide bonds. The van der Waals surface area contributed by atoms with E-state index in [-0.39, 0.29) is 0 Å². The molecule has 1 fully saturated rings. The summed E-state index contributed by atoms with van der Waals surface area (Å²) in [6.07, 6.45) is 0.419. The van der Waals surface area contributed by atoms with Crippen molar-refractivity contribution in [2.75, 3.05) is 7.11 Å². The number of ether oxygens (including phenoxy) is 2. The van der Waals surface area contributed by atoms with Gasteiger partial charge in [-0.1, -0.05) is 12.1 Å². The van der Waals surface area contributed by atoms with E-state index in [2.05, 4.69) is 0 Å². The van der Waals surface area contributed by atoms with E-state index < -0.39 is 30.3 Å². The van der Waals surface area contributed by atoms with Crippen LogP contribution in [-0.2, 0) is 43.2 Å². The summed E-state index contributed by atoms with van der Waals surface area (Å²) in [4.78, 5) is 11.6. The molecule has 0 bridgehead atoms. The highest BCUT2D eigenvalue weighted by molar-refractivity contribution is 6.62. The van der Waals surface area contributed by atoms with Gasteiger partial charge in [0.25, 0.3) is 0 Å². The molecule has 25 heavy (non-hydrogen) atoms. The van der Waals surface area contributed by atoms with Crippen molar-refractivity contribution >= 4 is 18.6 Å². The average molecular weight is 347 g/mol. The zero-order valence-electron chi connectivity index (χ0n) is 15.5. The maximum Gasteiger partial charge on any atom is 0.495 e. The lowest BCUT2D eigenvalue weighted by Gasteiger charge is -2.32. The van der Waals surface area contributed by atoms with Gasteiger partial charge in [0.15, 0.2) is 0 Å². The summed E-state index contributed by atoms with van der Waals surface area (Å²) in [6.45, 7) is 9.16. The van der Waals surface area contributed by atoms with Crippen LogP contribution < -0.4 is 11.2 Å². The molecular formula is C18H26BNO5. The number of nitrogens with two attached hydrogens (primary N) is 1. The van der Waals surface area contributed by atoms with Crippen molar-refractivity contribution < 1.29 is 23.6 Å². The van der Waals surface area contributed by atoms with Crippen LogP contribution in [0.25, 0.3) is 0 Å². The normalized spacial score (nSPS) is 21.9. The first-order chi connectivity index (χ1) is 11.7. The summed E-state index contributed by atoms with van der Waals surface area (Å²) in [5.41, 5.74) is 9.28. The molecule has 1 aromatic rings. The minimum Gasteiger partial charge on any atom is -0.468 e. The Kier molecular flexibility index (Phi) is 4.70. The summed E-state index contributed by atoms with van der Waals surface area (Å²) in [6, 6.07) is 3.29. The SMILES string of the molecule is COC(=O)[C@@H](N)Cc1ccc(B2OC(C)(C)C(C)(C)O2)c2c1COC2. The summed E-state index contributed by atoms with van der Waals surface area (Å²) in [5.74, 6) is -0.414. The fourth-order valence-electron chi connectivity index (χ4n) is 3.22. The molecule has 0 aliphatic carbocycles. The molecule has 1 saturated heterocycles. The zero-order valence-corrected chi connectivity index (χ0v) is 15.5. The molecule has 0 radical (unpaired) electrons. The molecule has 3 rings (SSSR count). The van der Waals surface area contributed by atoms with E-state index in [1.165, 1.54) is 7.11 Å². The third-order valence-corrected chi connectivity index (χ3v) is 5.51. The second-order valence-corrected chi connectivity index (χ2v) is 7.69. The minimum atomic E-state index is -0.683. The Bertz CT molecular complexity index is 672. The van der Waals surface area contributed by atoms with Crippen molar-refractivity contribution in [1.29, 1.82) is 0 Å². The maximum atomic E-state index is 11.6. The monoisotopic (exact) mass is 347 g/mol. The summed E-state index contributed by atoms with van der Waals surface area (Å²) in [5, 5.41) is 0. The third kappa shape index (κ3) is 3.22. The molecule has 2 aliphatic heterocycles. The van der Waals surface area contributed by atoms with E-state index >= 15 is 0 Å². The van der Waals surface area contributed by atoms with Crippen LogP contribution in [0.4, 0.5) is 0 Å². The number of fused-ring (bicyclic) bond motifs is 1. The van der Waals surface area contributed by atoms with Crippen molar-refractivity contribution in [3.8, 4) is 0 Å². The second kappa shape index (κ2) is 6.39. The predicted molar refractivity (Wildman–Crippen MR) is 94.3 cm³/mol. The standard InChI is InChI=1S/C18H26BNO5/c1-17(2)18(3,4)25-19(24-17)14-7-6-11(8-15(20)16(21)22-5)12-9-23-10-13(12)14/h6-7,15H,8-10,20H2,1-5H3/t15-/m0/s1. The first-order valence-corrected chi connectivity index (χ1v) is 8.56. The van der Waals surface area contributed by atoms with E-state index in [1.54, 1.807) is 0 Å². The van der Waals surface area contributed by atoms with Crippen LogP contribution in [0.5, 0.6) is 0 Å². The average Bonchev–Trinajstić information content (AvgIpc) is 3.10. The van der Waals surface area contributed by atoms with Gasteiger partial charge in [0.1, 0.15) is 6.04 Å². The van der Waals surface area contributed by atoms with Crippen LogP contribution in [0.2, 0.25) is 0 Å². The largest absolute Gasteiger partial charge is 0.495 e. The molecular weight excluding hydrogens is 321 g/mol. The van der Waals surface area contributed by atoms with Gasteiger partial charge in [0.2, 0.25) is 0 Å². The van der Waals surface area contributed by atoms with Crippen molar-refractivity contribution in [2.24, 2.45) is 5.73 Å². The predicted octanol–water partition coefficient (Wildman–Crippen LogP) is 1.06. The van der Waals surface area contributed by atoms with Gasteiger partial charge in [-0.15, -0.1) is 0 Å². The van der Waals surface area contributed by atoms with Gasteiger partial charge < -0.3 is 24.5 Å². The van der Waals surface area contributed by atoms with Crippen LogP contribution in [0.1, 0.15) is 44.4 Å². The lowest BCUT2D eigenvalue weighted by atomic mass is 9.74. The number of carbonyl (C=O) groups excluding carboxylic acids is 1. The van der Waals surface area contributed by atoms with Gasteiger partial charge in [0, 0.05) is 0 Å². The molecule has 136 valence electrons. The highest BCUT2D eigenvalue weighted by Gasteiger charge is 2.52. The van der Waals surface area contributed by atoms with Crippen LogP contribution >= 0.6 is 0 Å². The Balaban J connectivity index is 1.90. The number of esters is 1. The summed E-state index contributed by atoms with van der Waals surface area (Å²) < 4.78 is 22.7. The van der Waals surface area contributed by atoms with Crippen molar-refractivity contribution in [3.05, 3.63) is 28.8 Å². The molecule has 0 unspecified atom stereocenters. The van der Waals surface area contributed by atoms with Crippen molar-refractivity contribution in [1.82, 2.24) is 0 Å². The van der Waals surface area contributed by atoms with Gasteiger partial charge in [-0.25, -0.2) is 0 Å². The van der Waals surface area contributed by atoms with Gasteiger partial charge in [0.05, 0.1) is 31.5 Å². The van der Waals surface area contributed by atoms with Gasteiger partial charge >= 0.3 is 13.1 Å². The van der Waals surface area contributed by atoms with E-state index in [9.17, 15) is 4.79 Å². The first kappa shape index (κ1) is 18.4. The molecule has 7 heteroatoms. The maximum absolute atomic E-state index is 11.6.